The van der Waals surface area contributed by atoms with Crippen LogP contribution in [0.5, 0.6) is 0 Å². The second kappa shape index (κ2) is 11.8. The van der Waals surface area contributed by atoms with E-state index in [-0.39, 0.29) is 36.8 Å². The maximum atomic E-state index is 12.7. The molecular weight excluding hydrogens is 340 g/mol. The van der Waals surface area contributed by atoms with E-state index in [0.717, 1.165) is 44.5 Å². The monoisotopic (exact) mass is 368 g/mol. The van der Waals surface area contributed by atoms with Crippen LogP contribution in [-0.2, 0) is 16.1 Å². The van der Waals surface area contributed by atoms with E-state index in [2.05, 4.69) is 15.6 Å². The predicted octanol–water partition coefficient (Wildman–Crippen LogP) is 1.89. The first kappa shape index (κ1) is 21.4. The molecule has 2 N–H and O–H groups in total. The summed E-state index contributed by atoms with van der Waals surface area (Å²) < 4.78 is 0. The van der Waals surface area contributed by atoms with Crippen molar-refractivity contribution in [1.29, 1.82) is 0 Å². The zero-order valence-corrected chi connectivity index (χ0v) is 15.7. The van der Waals surface area contributed by atoms with Gasteiger partial charge in [0.05, 0.1) is 18.8 Å². The number of pyridine rings is 1. The maximum absolute atomic E-state index is 12.7. The number of amides is 2. The van der Waals surface area contributed by atoms with Gasteiger partial charge in [-0.25, -0.2) is 0 Å². The van der Waals surface area contributed by atoms with Crippen LogP contribution in [0.15, 0.2) is 24.4 Å². The van der Waals surface area contributed by atoms with Crippen LogP contribution in [0.1, 0.15) is 44.7 Å². The number of nitrogens with zero attached hydrogens (tertiary/aromatic N) is 2. The van der Waals surface area contributed by atoms with Gasteiger partial charge in [0, 0.05) is 18.7 Å². The third kappa shape index (κ3) is 7.40. The molecule has 7 heteroatoms. The fourth-order valence-electron chi connectivity index (χ4n) is 2.99. The van der Waals surface area contributed by atoms with Gasteiger partial charge in [-0.3, -0.25) is 14.6 Å². The van der Waals surface area contributed by atoms with Crippen molar-refractivity contribution in [2.75, 3.05) is 19.6 Å². The average molecular weight is 369 g/mol. The lowest BCUT2D eigenvalue weighted by Crippen LogP contribution is -2.45. The quantitative estimate of drug-likeness (QED) is 0.770. The molecule has 0 radical (unpaired) electrons. The summed E-state index contributed by atoms with van der Waals surface area (Å²) in [5.41, 5.74) is 0.878. The Bertz CT molecular complexity index is 519. The Morgan fingerprint density at radius 3 is 2.88 bits per heavy atom. The molecule has 1 saturated heterocycles. The Morgan fingerprint density at radius 2 is 2.16 bits per heavy atom. The molecule has 0 aliphatic carbocycles. The molecule has 0 spiro atoms. The molecule has 1 aromatic rings. The van der Waals surface area contributed by atoms with Crippen LogP contribution >= 0.6 is 12.4 Å². The van der Waals surface area contributed by atoms with Crippen molar-refractivity contribution in [3.63, 3.8) is 0 Å². The molecule has 1 aliphatic heterocycles. The lowest BCUT2D eigenvalue weighted by Gasteiger charge is -2.31. The molecule has 1 atom stereocenters. The highest BCUT2D eigenvalue weighted by Crippen LogP contribution is 2.16. The van der Waals surface area contributed by atoms with Crippen LogP contribution in [0.25, 0.3) is 0 Å². The second-order valence-electron chi connectivity index (χ2n) is 6.20. The SMILES string of the molecule is CCCC(=O)NCC(=O)N(Cc1ccccn1)C1CCCNCC1.Cl. The van der Waals surface area contributed by atoms with Crippen molar-refractivity contribution in [1.82, 2.24) is 20.5 Å². The Labute approximate surface area is 156 Å². The molecule has 2 rings (SSSR count). The Morgan fingerprint density at radius 1 is 1.32 bits per heavy atom. The van der Waals surface area contributed by atoms with Gasteiger partial charge in [0.25, 0.3) is 0 Å². The fraction of sp³-hybridized carbons (Fsp3) is 0.611. The van der Waals surface area contributed by atoms with Crippen molar-refractivity contribution in [3.8, 4) is 0 Å². The van der Waals surface area contributed by atoms with E-state index in [0.29, 0.717) is 13.0 Å². The van der Waals surface area contributed by atoms with Crippen LogP contribution in [0, 0.1) is 0 Å². The predicted molar refractivity (Wildman–Crippen MR) is 100 cm³/mol. The molecule has 1 unspecified atom stereocenters. The number of rotatable bonds is 7. The van der Waals surface area contributed by atoms with E-state index >= 15 is 0 Å². The number of hydrogen-bond donors (Lipinski definition) is 2. The second-order valence-corrected chi connectivity index (χ2v) is 6.20. The van der Waals surface area contributed by atoms with Gasteiger partial charge < -0.3 is 15.5 Å². The maximum Gasteiger partial charge on any atom is 0.242 e. The van der Waals surface area contributed by atoms with E-state index in [1.807, 2.05) is 30.0 Å². The van der Waals surface area contributed by atoms with Crippen molar-refractivity contribution >= 4 is 24.2 Å². The molecule has 25 heavy (non-hydrogen) atoms. The van der Waals surface area contributed by atoms with Crippen LogP contribution in [0.3, 0.4) is 0 Å². The van der Waals surface area contributed by atoms with E-state index in [1.165, 1.54) is 0 Å². The zero-order valence-electron chi connectivity index (χ0n) is 14.9. The molecular formula is C18H29ClN4O2. The van der Waals surface area contributed by atoms with E-state index < -0.39 is 0 Å². The molecule has 0 bridgehead atoms. The first-order valence-electron chi connectivity index (χ1n) is 8.87. The third-order valence-corrected chi connectivity index (χ3v) is 4.28. The van der Waals surface area contributed by atoms with Crippen molar-refractivity contribution in [3.05, 3.63) is 30.1 Å². The summed E-state index contributed by atoms with van der Waals surface area (Å²) in [7, 11) is 0. The summed E-state index contributed by atoms with van der Waals surface area (Å²) in [6.45, 7) is 4.42. The summed E-state index contributed by atoms with van der Waals surface area (Å²) in [5, 5.41) is 6.12. The normalized spacial score (nSPS) is 17.1. The number of nitrogens with one attached hydrogen (secondary N) is 2. The highest BCUT2D eigenvalue weighted by atomic mass is 35.5. The molecule has 0 aromatic carbocycles. The number of halogens is 1. The zero-order chi connectivity index (χ0) is 17.2. The summed E-state index contributed by atoms with van der Waals surface area (Å²) in [4.78, 5) is 30.6. The highest BCUT2D eigenvalue weighted by molar-refractivity contribution is 5.85. The standard InChI is InChI=1S/C18H28N4O2.ClH/c1-2-6-17(23)21-13-18(24)22(14-15-7-3-4-11-20-15)16-8-5-10-19-12-9-16;/h3-4,7,11,16,19H,2,5-6,8-10,12-14H2,1H3,(H,21,23);1H. The fourth-order valence-corrected chi connectivity index (χ4v) is 2.99. The topological polar surface area (TPSA) is 74.3 Å². The average Bonchev–Trinajstić information content (AvgIpc) is 2.88. The van der Waals surface area contributed by atoms with Gasteiger partial charge in [-0.05, 0) is 50.9 Å². The minimum atomic E-state index is -0.0637. The van der Waals surface area contributed by atoms with Gasteiger partial charge >= 0.3 is 0 Å². The summed E-state index contributed by atoms with van der Waals surface area (Å²) in [6, 6.07) is 5.93. The molecule has 1 aromatic heterocycles. The molecule has 0 saturated carbocycles. The smallest absolute Gasteiger partial charge is 0.242 e. The molecule has 140 valence electrons. The summed E-state index contributed by atoms with van der Waals surface area (Å²) in [6.07, 6.45) is 5.96. The number of aromatic nitrogens is 1. The molecule has 2 heterocycles. The van der Waals surface area contributed by atoms with Gasteiger partial charge in [0.15, 0.2) is 0 Å². The van der Waals surface area contributed by atoms with Crippen molar-refractivity contribution < 1.29 is 9.59 Å². The van der Waals surface area contributed by atoms with Gasteiger partial charge in [0.2, 0.25) is 11.8 Å². The lowest BCUT2D eigenvalue weighted by atomic mass is 10.1. The van der Waals surface area contributed by atoms with Crippen LogP contribution in [0.2, 0.25) is 0 Å². The van der Waals surface area contributed by atoms with Gasteiger partial charge in [-0.1, -0.05) is 13.0 Å². The van der Waals surface area contributed by atoms with Gasteiger partial charge in [-0.15, -0.1) is 12.4 Å². The van der Waals surface area contributed by atoms with Crippen LogP contribution in [0.4, 0.5) is 0 Å². The summed E-state index contributed by atoms with van der Waals surface area (Å²) >= 11 is 0. The molecule has 2 amide bonds. The summed E-state index contributed by atoms with van der Waals surface area (Å²) in [5.74, 6) is -0.0943. The molecule has 1 aliphatic rings. The Balaban J connectivity index is 0.00000312. The number of hydrogen-bond acceptors (Lipinski definition) is 4. The van der Waals surface area contributed by atoms with Crippen molar-refractivity contribution in [2.24, 2.45) is 0 Å². The van der Waals surface area contributed by atoms with Crippen LogP contribution in [-0.4, -0.2) is 47.4 Å². The highest BCUT2D eigenvalue weighted by Gasteiger charge is 2.25. The van der Waals surface area contributed by atoms with E-state index in [4.69, 9.17) is 0 Å². The number of carbonyl (C=O) groups is 2. The Kier molecular flexibility index (Phi) is 10.1. The minimum absolute atomic E-state index is 0. The Hall–Kier alpha value is -1.66. The third-order valence-electron chi connectivity index (χ3n) is 4.28. The largest absolute Gasteiger partial charge is 0.347 e. The molecule has 1 fully saturated rings. The molecule has 6 nitrogen and oxygen atoms in total. The van der Waals surface area contributed by atoms with E-state index in [1.54, 1.807) is 6.20 Å². The van der Waals surface area contributed by atoms with Gasteiger partial charge in [-0.2, -0.15) is 0 Å². The first-order chi connectivity index (χ1) is 11.7. The van der Waals surface area contributed by atoms with Crippen LogP contribution < -0.4 is 10.6 Å². The first-order valence-corrected chi connectivity index (χ1v) is 8.87. The van der Waals surface area contributed by atoms with E-state index in [9.17, 15) is 9.59 Å². The lowest BCUT2D eigenvalue weighted by molar-refractivity contribution is -0.135. The number of carbonyl (C=O) groups excluding carboxylic acids is 2. The van der Waals surface area contributed by atoms with Gasteiger partial charge in [0.1, 0.15) is 0 Å². The van der Waals surface area contributed by atoms with Crippen molar-refractivity contribution in [2.45, 2.75) is 51.6 Å². The minimum Gasteiger partial charge on any atom is -0.347 e.